The van der Waals surface area contributed by atoms with Crippen molar-refractivity contribution in [2.45, 2.75) is 31.1 Å². The number of carbonyl (C=O) groups is 1. The molecule has 0 bridgehead atoms. The second-order valence-corrected chi connectivity index (χ2v) is 7.51. The lowest BCUT2D eigenvalue weighted by Gasteiger charge is -2.40. The number of amides is 1. The molecule has 0 radical (unpaired) electrons. The Morgan fingerprint density at radius 3 is 2.72 bits per heavy atom. The third kappa shape index (κ3) is 2.30. The second-order valence-electron chi connectivity index (χ2n) is 7.51. The Hall–Kier alpha value is -2.55. The molecule has 3 aromatic rings. The molecule has 5 rings (SSSR count). The highest BCUT2D eigenvalue weighted by molar-refractivity contribution is 5.98. The maximum atomic E-state index is 12.9. The number of benzene rings is 2. The number of likely N-dealkylation sites (tertiary alicyclic amines) is 1. The minimum absolute atomic E-state index is 0.171. The van der Waals surface area contributed by atoms with Crippen molar-refractivity contribution in [1.82, 2.24) is 9.88 Å². The Morgan fingerprint density at radius 2 is 1.84 bits per heavy atom. The van der Waals surface area contributed by atoms with Gasteiger partial charge in [0.05, 0.1) is 0 Å². The van der Waals surface area contributed by atoms with Gasteiger partial charge in [-0.3, -0.25) is 4.79 Å². The summed E-state index contributed by atoms with van der Waals surface area (Å²) >= 11 is 0. The number of aromatic amines is 1. The molecule has 3 heteroatoms. The highest BCUT2D eigenvalue weighted by Gasteiger charge is 2.41. The first kappa shape index (κ1) is 14.8. The van der Waals surface area contributed by atoms with Crippen molar-refractivity contribution in [3.05, 3.63) is 71.4 Å². The minimum atomic E-state index is 0.171. The molecule has 2 aromatic carbocycles. The Kier molecular flexibility index (Phi) is 3.24. The van der Waals surface area contributed by atoms with Crippen LogP contribution in [0.5, 0.6) is 0 Å². The smallest absolute Gasteiger partial charge is 0.253 e. The number of rotatable bonds is 1. The van der Waals surface area contributed by atoms with Crippen LogP contribution in [0.3, 0.4) is 0 Å². The van der Waals surface area contributed by atoms with Crippen molar-refractivity contribution in [3.8, 4) is 0 Å². The van der Waals surface area contributed by atoms with Crippen molar-refractivity contribution in [3.63, 3.8) is 0 Å². The highest BCUT2D eigenvalue weighted by Crippen LogP contribution is 2.46. The van der Waals surface area contributed by atoms with Crippen LogP contribution in [-0.2, 0) is 11.8 Å². The second kappa shape index (κ2) is 5.48. The molecule has 25 heavy (non-hydrogen) atoms. The molecule has 1 aromatic heterocycles. The van der Waals surface area contributed by atoms with Crippen molar-refractivity contribution < 1.29 is 4.79 Å². The van der Waals surface area contributed by atoms with E-state index in [1.807, 2.05) is 35.4 Å². The van der Waals surface area contributed by atoms with E-state index in [9.17, 15) is 4.79 Å². The molecule has 1 aliphatic carbocycles. The summed E-state index contributed by atoms with van der Waals surface area (Å²) in [4.78, 5) is 18.2. The molecule has 1 spiro atoms. The van der Waals surface area contributed by atoms with Gasteiger partial charge in [-0.2, -0.15) is 0 Å². The minimum Gasteiger partial charge on any atom is -0.361 e. The molecule has 126 valence electrons. The van der Waals surface area contributed by atoms with Crippen LogP contribution in [0, 0.1) is 0 Å². The number of hydrogen-bond donors (Lipinski definition) is 1. The molecule has 1 amide bonds. The van der Waals surface area contributed by atoms with Crippen LogP contribution < -0.4 is 0 Å². The molecule has 0 atom stereocenters. The molecule has 1 aliphatic heterocycles. The monoisotopic (exact) mass is 330 g/mol. The van der Waals surface area contributed by atoms with E-state index in [4.69, 9.17) is 0 Å². The molecule has 2 aliphatic rings. The molecular formula is C22H22N2O. The van der Waals surface area contributed by atoms with Crippen LogP contribution in [-0.4, -0.2) is 28.9 Å². The maximum Gasteiger partial charge on any atom is 0.253 e. The summed E-state index contributed by atoms with van der Waals surface area (Å²) in [5, 5.41) is 1.10. The van der Waals surface area contributed by atoms with E-state index in [0.29, 0.717) is 5.41 Å². The van der Waals surface area contributed by atoms with Gasteiger partial charge in [0, 0.05) is 35.8 Å². The fourth-order valence-corrected chi connectivity index (χ4v) is 4.79. The zero-order valence-corrected chi connectivity index (χ0v) is 14.3. The molecule has 1 saturated heterocycles. The van der Waals surface area contributed by atoms with Crippen LogP contribution in [0.1, 0.15) is 40.7 Å². The number of aromatic nitrogens is 1. The zero-order valence-electron chi connectivity index (χ0n) is 14.3. The van der Waals surface area contributed by atoms with Crippen LogP contribution >= 0.6 is 0 Å². The molecule has 0 saturated carbocycles. The van der Waals surface area contributed by atoms with Gasteiger partial charge in [0.1, 0.15) is 0 Å². The van der Waals surface area contributed by atoms with Gasteiger partial charge in [0.15, 0.2) is 0 Å². The quantitative estimate of drug-likeness (QED) is 0.710. The SMILES string of the molecule is O=C(c1ccc2[nH]ccc2c1)N1CCC2(CCc3ccccc32)CC1. The van der Waals surface area contributed by atoms with E-state index in [1.165, 1.54) is 24.0 Å². The first-order valence-electron chi connectivity index (χ1n) is 9.20. The number of piperidine rings is 1. The van der Waals surface area contributed by atoms with Gasteiger partial charge in [0.2, 0.25) is 0 Å². The number of fused-ring (bicyclic) bond motifs is 3. The Balaban J connectivity index is 1.36. The van der Waals surface area contributed by atoms with Gasteiger partial charge in [-0.15, -0.1) is 0 Å². The summed E-state index contributed by atoms with van der Waals surface area (Å²) in [6.07, 6.45) is 6.52. The number of H-pyrrole nitrogens is 1. The van der Waals surface area contributed by atoms with E-state index in [2.05, 4.69) is 29.2 Å². The van der Waals surface area contributed by atoms with Gasteiger partial charge in [-0.25, -0.2) is 0 Å². The largest absolute Gasteiger partial charge is 0.361 e. The molecule has 1 fully saturated rings. The fraction of sp³-hybridized carbons (Fsp3) is 0.318. The molecule has 3 nitrogen and oxygen atoms in total. The Morgan fingerprint density at radius 1 is 1.00 bits per heavy atom. The van der Waals surface area contributed by atoms with Crippen LogP contribution in [0.2, 0.25) is 0 Å². The van der Waals surface area contributed by atoms with E-state index in [1.54, 1.807) is 0 Å². The lowest BCUT2D eigenvalue weighted by molar-refractivity contribution is 0.0666. The summed E-state index contributed by atoms with van der Waals surface area (Å²) in [6.45, 7) is 1.72. The van der Waals surface area contributed by atoms with Gasteiger partial charge in [0.25, 0.3) is 5.91 Å². The summed E-state index contributed by atoms with van der Waals surface area (Å²) in [5.74, 6) is 0.171. The van der Waals surface area contributed by atoms with E-state index in [-0.39, 0.29) is 5.91 Å². The molecule has 1 N–H and O–H groups in total. The predicted molar refractivity (Wildman–Crippen MR) is 99.9 cm³/mol. The van der Waals surface area contributed by atoms with E-state index >= 15 is 0 Å². The summed E-state index contributed by atoms with van der Waals surface area (Å²) in [5.41, 5.74) is 5.24. The number of nitrogens with zero attached hydrogens (tertiary/aromatic N) is 1. The number of nitrogens with one attached hydrogen (secondary N) is 1. The topological polar surface area (TPSA) is 36.1 Å². The average Bonchev–Trinajstić information content (AvgIpc) is 3.27. The zero-order chi connectivity index (χ0) is 16.9. The average molecular weight is 330 g/mol. The Labute approximate surface area is 147 Å². The molecule has 2 heterocycles. The van der Waals surface area contributed by atoms with Crippen LogP contribution in [0.15, 0.2) is 54.7 Å². The standard InChI is InChI=1S/C22H22N2O/c25-21(18-5-6-20-17(15-18)8-12-23-20)24-13-10-22(11-14-24)9-7-16-3-1-2-4-19(16)22/h1-6,8,12,15,23H,7,9-11,13-14H2. The number of hydrogen-bond acceptors (Lipinski definition) is 1. The number of carbonyl (C=O) groups excluding carboxylic acids is 1. The summed E-state index contributed by atoms with van der Waals surface area (Å²) in [7, 11) is 0. The van der Waals surface area contributed by atoms with Gasteiger partial charge in [-0.05, 0) is 66.5 Å². The van der Waals surface area contributed by atoms with Crippen molar-refractivity contribution in [2.24, 2.45) is 0 Å². The van der Waals surface area contributed by atoms with Crippen LogP contribution in [0.25, 0.3) is 10.9 Å². The highest BCUT2D eigenvalue weighted by atomic mass is 16.2. The normalized spacial score (nSPS) is 18.6. The number of aryl methyl sites for hydroxylation is 1. The molecular weight excluding hydrogens is 308 g/mol. The molecule has 0 unspecified atom stereocenters. The van der Waals surface area contributed by atoms with E-state index in [0.717, 1.165) is 42.4 Å². The maximum absolute atomic E-state index is 12.9. The van der Waals surface area contributed by atoms with Crippen molar-refractivity contribution in [2.75, 3.05) is 13.1 Å². The Bertz CT molecular complexity index is 947. The third-order valence-electron chi connectivity index (χ3n) is 6.27. The lowest BCUT2D eigenvalue weighted by atomic mass is 9.74. The first-order chi connectivity index (χ1) is 12.3. The van der Waals surface area contributed by atoms with Crippen LogP contribution in [0.4, 0.5) is 0 Å². The van der Waals surface area contributed by atoms with Crippen molar-refractivity contribution >= 4 is 16.8 Å². The van der Waals surface area contributed by atoms with Gasteiger partial charge < -0.3 is 9.88 Å². The summed E-state index contributed by atoms with van der Waals surface area (Å²) in [6, 6.07) is 16.9. The van der Waals surface area contributed by atoms with E-state index < -0.39 is 0 Å². The van der Waals surface area contributed by atoms with Gasteiger partial charge in [-0.1, -0.05) is 24.3 Å². The predicted octanol–water partition coefficient (Wildman–Crippen LogP) is 4.29. The van der Waals surface area contributed by atoms with Gasteiger partial charge >= 0.3 is 0 Å². The summed E-state index contributed by atoms with van der Waals surface area (Å²) < 4.78 is 0. The van der Waals surface area contributed by atoms with Crippen molar-refractivity contribution in [1.29, 1.82) is 0 Å². The third-order valence-corrected chi connectivity index (χ3v) is 6.27. The fourth-order valence-electron chi connectivity index (χ4n) is 4.79. The lowest BCUT2D eigenvalue weighted by Crippen LogP contribution is -2.44. The first-order valence-corrected chi connectivity index (χ1v) is 9.20.